The summed E-state index contributed by atoms with van der Waals surface area (Å²) >= 11 is 5.98. The number of ketones is 1. The summed E-state index contributed by atoms with van der Waals surface area (Å²) in [7, 11) is 3.06. The first-order valence-corrected chi connectivity index (χ1v) is 4.88. The first-order valence-electron chi connectivity index (χ1n) is 4.50. The molecule has 3 nitrogen and oxygen atoms in total. The van der Waals surface area contributed by atoms with Gasteiger partial charge in [-0.2, -0.15) is 0 Å². The molecule has 0 saturated carbocycles. The van der Waals surface area contributed by atoms with Crippen LogP contribution in [-0.4, -0.2) is 26.6 Å². The van der Waals surface area contributed by atoms with Crippen LogP contribution in [-0.2, 0) is 16.0 Å². The first kappa shape index (κ1) is 12.0. The Kier molecular flexibility index (Phi) is 4.59. The third-order valence-corrected chi connectivity index (χ3v) is 2.31. The number of benzene rings is 1. The van der Waals surface area contributed by atoms with Gasteiger partial charge in [-0.25, -0.2) is 0 Å². The first-order chi connectivity index (χ1) is 7.17. The standard InChI is InChI=1S/C11H13ClO3/c1-14-7-9(13)5-8-3-4-10(15-2)6-11(8)12/h3-4,6H,5,7H2,1-2H3. The molecule has 0 aromatic heterocycles. The minimum atomic E-state index is 0.00423. The van der Waals surface area contributed by atoms with Gasteiger partial charge in [0.1, 0.15) is 12.4 Å². The van der Waals surface area contributed by atoms with E-state index in [4.69, 9.17) is 21.1 Å². The topological polar surface area (TPSA) is 35.5 Å². The van der Waals surface area contributed by atoms with E-state index in [1.165, 1.54) is 7.11 Å². The molecule has 0 amide bonds. The maximum absolute atomic E-state index is 11.3. The highest BCUT2D eigenvalue weighted by atomic mass is 35.5. The van der Waals surface area contributed by atoms with Crippen LogP contribution < -0.4 is 4.74 Å². The van der Waals surface area contributed by atoms with E-state index < -0.39 is 0 Å². The van der Waals surface area contributed by atoms with Crippen molar-refractivity contribution in [1.29, 1.82) is 0 Å². The van der Waals surface area contributed by atoms with Gasteiger partial charge in [0.2, 0.25) is 0 Å². The summed E-state index contributed by atoms with van der Waals surface area (Å²) in [4.78, 5) is 11.3. The molecule has 1 aromatic carbocycles. The molecule has 82 valence electrons. The molecule has 0 heterocycles. The third kappa shape index (κ3) is 3.53. The van der Waals surface area contributed by atoms with E-state index in [1.54, 1.807) is 25.3 Å². The molecule has 0 aliphatic heterocycles. The molecule has 15 heavy (non-hydrogen) atoms. The summed E-state index contributed by atoms with van der Waals surface area (Å²) < 4.78 is 9.75. The molecule has 0 N–H and O–H groups in total. The normalized spacial score (nSPS) is 10.1. The van der Waals surface area contributed by atoms with Gasteiger partial charge in [0.15, 0.2) is 5.78 Å². The number of carbonyl (C=O) groups excluding carboxylic acids is 1. The smallest absolute Gasteiger partial charge is 0.162 e. The molecule has 0 spiro atoms. The molecule has 0 fully saturated rings. The van der Waals surface area contributed by atoms with Crippen LogP contribution >= 0.6 is 11.6 Å². The minimum Gasteiger partial charge on any atom is -0.497 e. The number of ether oxygens (including phenoxy) is 2. The van der Waals surface area contributed by atoms with Crippen LogP contribution in [0.15, 0.2) is 18.2 Å². The zero-order chi connectivity index (χ0) is 11.3. The van der Waals surface area contributed by atoms with Gasteiger partial charge >= 0.3 is 0 Å². The minimum absolute atomic E-state index is 0.00423. The molecule has 0 atom stereocenters. The Bertz CT molecular complexity index is 350. The number of rotatable bonds is 5. The molecule has 0 bridgehead atoms. The highest BCUT2D eigenvalue weighted by molar-refractivity contribution is 6.31. The van der Waals surface area contributed by atoms with E-state index in [-0.39, 0.29) is 18.8 Å². The Morgan fingerprint density at radius 3 is 2.67 bits per heavy atom. The van der Waals surface area contributed by atoms with Crippen molar-refractivity contribution >= 4 is 17.4 Å². The maximum atomic E-state index is 11.3. The molecule has 4 heteroatoms. The molecule has 0 saturated heterocycles. The lowest BCUT2D eigenvalue weighted by atomic mass is 10.1. The average molecular weight is 229 g/mol. The van der Waals surface area contributed by atoms with Crippen molar-refractivity contribution in [2.75, 3.05) is 20.8 Å². The van der Waals surface area contributed by atoms with Crippen molar-refractivity contribution < 1.29 is 14.3 Å². The predicted octanol–water partition coefficient (Wildman–Crippen LogP) is 2.11. The summed E-state index contributed by atoms with van der Waals surface area (Å²) in [6, 6.07) is 5.26. The molecular weight excluding hydrogens is 216 g/mol. The molecule has 0 radical (unpaired) electrons. The fourth-order valence-electron chi connectivity index (χ4n) is 1.22. The Hall–Kier alpha value is -1.06. The Labute approximate surface area is 93.9 Å². The number of hydrogen-bond acceptors (Lipinski definition) is 3. The van der Waals surface area contributed by atoms with Gasteiger partial charge < -0.3 is 9.47 Å². The molecule has 1 aromatic rings. The van der Waals surface area contributed by atoms with Crippen molar-refractivity contribution in [2.24, 2.45) is 0 Å². The lowest BCUT2D eigenvalue weighted by molar-refractivity contribution is -0.121. The SMILES string of the molecule is COCC(=O)Cc1ccc(OC)cc1Cl. The largest absolute Gasteiger partial charge is 0.497 e. The zero-order valence-electron chi connectivity index (χ0n) is 8.75. The number of Topliss-reactive ketones (excluding diaryl/α,β-unsaturated/α-hetero) is 1. The second-order valence-corrected chi connectivity index (χ2v) is 3.51. The Balaban J connectivity index is 2.73. The monoisotopic (exact) mass is 228 g/mol. The van der Waals surface area contributed by atoms with Gasteiger partial charge in [-0.05, 0) is 17.7 Å². The van der Waals surface area contributed by atoms with E-state index in [0.717, 1.165) is 5.56 Å². The van der Waals surface area contributed by atoms with Crippen molar-refractivity contribution in [2.45, 2.75) is 6.42 Å². The van der Waals surface area contributed by atoms with Crippen molar-refractivity contribution in [1.82, 2.24) is 0 Å². The van der Waals surface area contributed by atoms with Crippen LogP contribution in [0.2, 0.25) is 5.02 Å². The average Bonchev–Trinajstić information content (AvgIpc) is 2.21. The third-order valence-electron chi connectivity index (χ3n) is 1.95. The maximum Gasteiger partial charge on any atom is 0.162 e. The lowest BCUT2D eigenvalue weighted by Gasteiger charge is -2.05. The fraction of sp³-hybridized carbons (Fsp3) is 0.364. The van der Waals surface area contributed by atoms with Gasteiger partial charge in [-0.15, -0.1) is 0 Å². The van der Waals surface area contributed by atoms with E-state index in [9.17, 15) is 4.79 Å². The van der Waals surface area contributed by atoms with E-state index >= 15 is 0 Å². The van der Waals surface area contributed by atoms with Gasteiger partial charge in [0.05, 0.1) is 7.11 Å². The zero-order valence-corrected chi connectivity index (χ0v) is 9.50. The lowest BCUT2D eigenvalue weighted by Crippen LogP contribution is -2.09. The summed E-state index contributed by atoms with van der Waals surface area (Å²) in [6.07, 6.45) is 0.288. The highest BCUT2D eigenvalue weighted by Gasteiger charge is 2.07. The van der Waals surface area contributed by atoms with Gasteiger partial charge in [-0.1, -0.05) is 17.7 Å². The molecule has 1 rings (SSSR count). The molecule has 0 aliphatic rings. The number of methoxy groups -OCH3 is 2. The summed E-state index contributed by atoms with van der Waals surface area (Å²) in [5.74, 6) is 0.688. The van der Waals surface area contributed by atoms with Crippen molar-refractivity contribution in [3.63, 3.8) is 0 Å². The molecule has 0 aliphatic carbocycles. The summed E-state index contributed by atoms with van der Waals surface area (Å²) in [5.41, 5.74) is 0.791. The van der Waals surface area contributed by atoms with Crippen molar-refractivity contribution in [3.05, 3.63) is 28.8 Å². The number of carbonyl (C=O) groups is 1. The summed E-state index contributed by atoms with van der Waals surface area (Å²) in [5, 5.41) is 0.541. The van der Waals surface area contributed by atoms with Gasteiger partial charge in [0, 0.05) is 18.6 Å². The van der Waals surface area contributed by atoms with Crippen LogP contribution in [0.25, 0.3) is 0 Å². The fourth-order valence-corrected chi connectivity index (χ4v) is 1.46. The summed E-state index contributed by atoms with van der Waals surface area (Å²) in [6.45, 7) is 0.113. The van der Waals surface area contributed by atoms with E-state index in [2.05, 4.69) is 0 Å². The molecule has 0 unspecified atom stereocenters. The van der Waals surface area contributed by atoms with E-state index in [1.807, 2.05) is 0 Å². The predicted molar refractivity (Wildman–Crippen MR) is 58.6 cm³/mol. The Morgan fingerprint density at radius 1 is 1.40 bits per heavy atom. The van der Waals surface area contributed by atoms with Crippen LogP contribution in [0, 0.1) is 0 Å². The number of halogens is 1. The van der Waals surface area contributed by atoms with Crippen LogP contribution in [0.3, 0.4) is 0 Å². The quantitative estimate of drug-likeness (QED) is 0.774. The second kappa shape index (κ2) is 5.73. The van der Waals surface area contributed by atoms with Gasteiger partial charge in [0.25, 0.3) is 0 Å². The van der Waals surface area contributed by atoms with E-state index in [0.29, 0.717) is 10.8 Å². The molecular formula is C11H13ClO3. The van der Waals surface area contributed by atoms with Crippen LogP contribution in [0.4, 0.5) is 0 Å². The number of hydrogen-bond donors (Lipinski definition) is 0. The van der Waals surface area contributed by atoms with Crippen LogP contribution in [0.5, 0.6) is 5.75 Å². The Morgan fingerprint density at radius 2 is 2.13 bits per heavy atom. The second-order valence-electron chi connectivity index (χ2n) is 3.11. The van der Waals surface area contributed by atoms with Gasteiger partial charge in [-0.3, -0.25) is 4.79 Å². The highest BCUT2D eigenvalue weighted by Crippen LogP contribution is 2.22. The van der Waals surface area contributed by atoms with Crippen LogP contribution in [0.1, 0.15) is 5.56 Å². The van der Waals surface area contributed by atoms with Crippen molar-refractivity contribution in [3.8, 4) is 5.75 Å².